The topological polar surface area (TPSA) is 23.6 Å². The SMILES string of the molecule is CC[C@H](c1ccc(F)cc1F)N1CCN(C(C)=O)CC1. The van der Waals surface area contributed by atoms with Crippen molar-refractivity contribution in [3.8, 4) is 0 Å². The highest BCUT2D eigenvalue weighted by Gasteiger charge is 2.26. The summed E-state index contributed by atoms with van der Waals surface area (Å²) in [7, 11) is 0. The van der Waals surface area contributed by atoms with Crippen molar-refractivity contribution in [2.45, 2.75) is 26.3 Å². The number of piperazine rings is 1. The van der Waals surface area contributed by atoms with Gasteiger partial charge in [0.1, 0.15) is 11.6 Å². The summed E-state index contributed by atoms with van der Waals surface area (Å²) in [6.07, 6.45) is 0.753. The minimum absolute atomic E-state index is 0.0651. The molecule has 20 heavy (non-hydrogen) atoms. The van der Waals surface area contributed by atoms with Crippen molar-refractivity contribution in [1.29, 1.82) is 0 Å². The standard InChI is InChI=1S/C15H20F2N2O/c1-3-15(13-5-4-12(16)10-14(13)17)19-8-6-18(7-9-19)11(2)20/h4-5,10,15H,3,6-9H2,1-2H3/t15-/m1/s1. The molecule has 0 bridgehead atoms. The van der Waals surface area contributed by atoms with Gasteiger partial charge in [-0.25, -0.2) is 8.78 Å². The largest absolute Gasteiger partial charge is 0.340 e. The third-order valence-electron chi connectivity index (χ3n) is 3.91. The lowest BCUT2D eigenvalue weighted by Gasteiger charge is -2.39. The minimum atomic E-state index is -0.553. The molecule has 1 aromatic carbocycles. The highest BCUT2D eigenvalue weighted by molar-refractivity contribution is 5.73. The molecule has 0 aliphatic carbocycles. The first-order valence-electron chi connectivity index (χ1n) is 6.97. The van der Waals surface area contributed by atoms with Gasteiger partial charge in [0.05, 0.1) is 0 Å². The molecule has 1 saturated heterocycles. The molecule has 1 fully saturated rings. The summed E-state index contributed by atoms with van der Waals surface area (Å²) in [5.41, 5.74) is 0.533. The van der Waals surface area contributed by atoms with E-state index in [0.29, 0.717) is 18.7 Å². The molecule has 1 aromatic rings. The summed E-state index contributed by atoms with van der Waals surface area (Å²) in [4.78, 5) is 15.3. The summed E-state index contributed by atoms with van der Waals surface area (Å²) in [5.74, 6) is -0.973. The molecule has 1 aliphatic rings. The molecule has 0 N–H and O–H groups in total. The molecular weight excluding hydrogens is 262 g/mol. The molecular formula is C15H20F2N2O. The Morgan fingerprint density at radius 2 is 1.90 bits per heavy atom. The number of rotatable bonds is 3. The van der Waals surface area contributed by atoms with E-state index in [-0.39, 0.29) is 11.9 Å². The van der Waals surface area contributed by atoms with Gasteiger partial charge in [-0.1, -0.05) is 13.0 Å². The van der Waals surface area contributed by atoms with E-state index in [1.54, 1.807) is 11.8 Å². The molecule has 2 rings (SSSR count). The lowest BCUT2D eigenvalue weighted by molar-refractivity contribution is -0.130. The molecule has 110 valence electrons. The van der Waals surface area contributed by atoms with Gasteiger partial charge in [-0.2, -0.15) is 0 Å². The Kier molecular flexibility index (Phi) is 4.70. The van der Waals surface area contributed by atoms with Crippen molar-refractivity contribution in [3.05, 3.63) is 35.4 Å². The lowest BCUT2D eigenvalue weighted by atomic mass is 10.0. The number of hydrogen-bond acceptors (Lipinski definition) is 2. The molecule has 0 radical (unpaired) electrons. The summed E-state index contributed by atoms with van der Waals surface area (Å²) < 4.78 is 26.9. The second kappa shape index (κ2) is 6.31. The van der Waals surface area contributed by atoms with Crippen LogP contribution in [-0.4, -0.2) is 41.9 Å². The first-order valence-corrected chi connectivity index (χ1v) is 6.97. The van der Waals surface area contributed by atoms with Gasteiger partial charge in [-0.15, -0.1) is 0 Å². The van der Waals surface area contributed by atoms with E-state index in [1.807, 2.05) is 6.92 Å². The maximum absolute atomic E-state index is 13.9. The number of halogens is 2. The maximum atomic E-state index is 13.9. The molecule has 3 nitrogen and oxygen atoms in total. The van der Waals surface area contributed by atoms with E-state index in [4.69, 9.17) is 0 Å². The van der Waals surface area contributed by atoms with Gasteiger partial charge >= 0.3 is 0 Å². The average Bonchev–Trinajstić information content (AvgIpc) is 2.42. The van der Waals surface area contributed by atoms with Crippen LogP contribution >= 0.6 is 0 Å². The fourth-order valence-corrected chi connectivity index (χ4v) is 2.80. The highest BCUT2D eigenvalue weighted by atomic mass is 19.1. The van der Waals surface area contributed by atoms with E-state index < -0.39 is 11.6 Å². The summed E-state index contributed by atoms with van der Waals surface area (Å²) in [6.45, 7) is 6.31. The molecule has 1 atom stereocenters. The third kappa shape index (κ3) is 3.15. The van der Waals surface area contributed by atoms with Crippen molar-refractivity contribution in [2.24, 2.45) is 0 Å². The van der Waals surface area contributed by atoms with Gasteiger partial charge in [0.2, 0.25) is 5.91 Å². The zero-order valence-corrected chi connectivity index (χ0v) is 11.9. The molecule has 0 saturated carbocycles. The molecule has 1 heterocycles. The van der Waals surface area contributed by atoms with Crippen LogP contribution in [0.25, 0.3) is 0 Å². The van der Waals surface area contributed by atoms with Crippen LogP contribution in [0.4, 0.5) is 8.78 Å². The number of carbonyl (C=O) groups excluding carboxylic acids is 1. The smallest absolute Gasteiger partial charge is 0.219 e. The van der Waals surface area contributed by atoms with Crippen molar-refractivity contribution in [1.82, 2.24) is 9.80 Å². The second-order valence-electron chi connectivity index (χ2n) is 5.13. The summed E-state index contributed by atoms with van der Waals surface area (Å²) in [5, 5.41) is 0. The predicted molar refractivity (Wildman–Crippen MR) is 73.2 cm³/mol. The van der Waals surface area contributed by atoms with Gasteiger partial charge in [0.15, 0.2) is 0 Å². The first kappa shape index (κ1) is 14.9. The van der Waals surface area contributed by atoms with Crippen LogP contribution in [0.1, 0.15) is 31.9 Å². The summed E-state index contributed by atoms with van der Waals surface area (Å²) in [6, 6.07) is 3.69. The van der Waals surface area contributed by atoms with Gasteiger partial charge in [-0.3, -0.25) is 9.69 Å². The number of carbonyl (C=O) groups is 1. The fraction of sp³-hybridized carbons (Fsp3) is 0.533. The summed E-state index contributed by atoms with van der Waals surface area (Å²) >= 11 is 0. The average molecular weight is 282 g/mol. The van der Waals surface area contributed by atoms with E-state index in [1.165, 1.54) is 12.1 Å². The van der Waals surface area contributed by atoms with Gasteiger partial charge in [0.25, 0.3) is 0 Å². The van der Waals surface area contributed by atoms with E-state index in [2.05, 4.69) is 4.90 Å². The Morgan fingerprint density at radius 3 is 2.40 bits per heavy atom. The van der Waals surface area contributed by atoms with Gasteiger partial charge < -0.3 is 4.90 Å². The number of hydrogen-bond donors (Lipinski definition) is 0. The molecule has 1 aliphatic heterocycles. The molecule has 1 amide bonds. The normalized spacial score (nSPS) is 18.1. The van der Waals surface area contributed by atoms with Crippen LogP contribution < -0.4 is 0 Å². The Morgan fingerprint density at radius 1 is 1.25 bits per heavy atom. The Labute approximate surface area is 118 Å². The van der Waals surface area contributed by atoms with E-state index in [9.17, 15) is 13.6 Å². The number of nitrogens with zero attached hydrogens (tertiary/aromatic N) is 2. The number of amides is 1. The monoisotopic (exact) mass is 282 g/mol. The Bertz CT molecular complexity index is 485. The zero-order chi connectivity index (χ0) is 14.7. The van der Waals surface area contributed by atoms with Crippen LogP contribution in [-0.2, 0) is 4.79 Å². The second-order valence-corrected chi connectivity index (χ2v) is 5.13. The van der Waals surface area contributed by atoms with Crippen LogP contribution in [0.5, 0.6) is 0 Å². The van der Waals surface area contributed by atoms with Crippen LogP contribution in [0.3, 0.4) is 0 Å². The molecule has 0 spiro atoms. The Balaban J connectivity index is 2.11. The lowest BCUT2D eigenvalue weighted by Crippen LogP contribution is -2.49. The minimum Gasteiger partial charge on any atom is -0.340 e. The first-order chi connectivity index (χ1) is 9.52. The van der Waals surface area contributed by atoms with Crippen molar-refractivity contribution in [3.63, 3.8) is 0 Å². The quantitative estimate of drug-likeness (QED) is 0.850. The third-order valence-corrected chi connectivity index (χ3v) is 3.91. The molecule has 0 aromatic heterocycles. The van der Waals surface area contributed by atoms with Gasteiger partial charge in [-0.05, 0) is 12.5 Å². The zero-order valence-electron chi connectivity index (χ0n) is 11.9. The maximum Gasteiger partial charge on any atom is 0.219 e. The van der Waals surface area contributed by atoms with Crippen molar-refractivity contribution < 1.29 is 13.6 Å². The van der Waals surface area contributed by atoms with Crippen LogP contribution in [0.15, 0.2) is 18.2 Å². The predicted octanol–water partition coefficient (Wildman–Crippen LogP) is 2.58. The molecule has 0 unspecified atom stereocenters. The van der Waals surface area contributed by atoms with E-state index >= 15 is 0 Å². The van der Waals surface area contributed by atoms with Crippen LogP contribution in [0.2, 0.25) is 0 Å². The van der Waals surface area contributed by atoms with Gasteiger partial charge in [0, 0.05) is 50.8 Å². The fourth-order valence-electron chi connectivity index (χ4n) is 2.80. The molecule has 5 heteroatoms. The van der Waals surface area contributed by atoms with E-state index in [0.717, 1.165) is 25.6 Å². The highest BCUT2D eigenvalue weighted by Crippen LogP contribution is 2.27. The van der Waals surface area contributed by atoms with Crippen molar-refractivity contribution >= 4 is 5.91 Å². The number of benzene rings is 1. The Hall–Kier alpha value is -1.49. The van der Waals surface area contributed by atoms with Crippen molar-refractivity contribution in [2.75, 3.05) is 26.2 Å². The van der Waals surface area contributed by atoms with Crippen LogP contribution in [0, 0.1) is 11.6 Å².